The molecule has 1 aliphatic heterocycles. The second-order valence-corrected chi connectivity index (χ2v) is 9.18. The Labute approximate surface area is 186 Å². The number of ether oxygens (including phenoxy) is 2. The Bertz CT molecular complexity index is 927. The van der Waals surface area contributed by atoms with Crippen LogP contribution >= 0.6 is 15.9 Å². The van der Waals surface area contributed by atoms with E-state index in [-0.39, 0.29) is 17.9 Å². The Hall–Kier alpha value is -2.08. The summed E-state index contributed by atoms with van der Waals surface area (Å²) >= 11 is 3.55. The zero-order valence-electron chi connectivity index (χ0n) is 17.6. The second kappa shape index (κ2) is 8.96. The summed E-state index contributed by atoms with van der Waals surface area (Å²) in [6, 6.07) is 5.75. The number of methoxy groups -OCH3 is 1. The van der Waals surface area contributed by atoms with Crippen LogP contribution in [0.25, 0.3) is 0 Å². The first-order valence-electron chi connectivity index (χ1n) is 10.8. The predicted octanol–water partition coefficient (Wildman–Crippen LogP) is 5.30. The number of ketones is 1. The van der Waals surface area contributed by atoms with E-state index in [0.717, 1.165) is 60.0 Å². The minimum atomic E-state index is -0.424. The van der Waals surface area contributed by atoms with Crippen molar-refractivity contribution in [1.82, 2.24) is 5.32 Å². The lowest BCUT2D eigenvalue weighted by atomic mass is 9.75. The highest BCUT2D eigenvalue weighted by Gasteiger charge is 2.39. The largest absolute Gasteiger partial charge is 0.496 e. The van der Waals surface area contributed by atoms with E-state index >= 15 is 0 Å². The highest BCUT2D eigenvalue weighted by atomic mass is 79.9. The zero-order chi connectivity index (χ0) is 21.3. The molecule has 1 fully saturated rings. The van der Waals surface area contributed by atoms with Crippen LogP contribution in [0.5, 0.6) is 5.75 Å². The fraction of sp³-hybridized carbons (Fsp3) is 0.500. The van der Waals surface area contributed by atoms with Gasteiger partial charge < -0.3 is 14.8 Å². The molecule has 1 aromatic carbocycles. The van der Waals surface area contributed by atoms with Gasteiger partial charge in [-0.05, 0) is 79.1 Å². The molecular weight excluding hydrogens is 446 g/mol. The Morgan fingerprint density at radius 3 is 2.60 bits per heavy atom. The number of dihydropyridines is 1. The van der Waals surface area contributed by atoms with Gasteiger partial charge >= 0.3 is 5.97 Å². The number of carbonyl (C=O) groups excluding carboxylic acids is 2. The third kappa shape index (κ3) is 4.07. The van der Waals surface area contributed by atoms with Crippen molar-refractivity contribution in [3.63, 3.8) is 0 Å². The van der Waals surface area contributed by atoms with Gasteiger partial charge in [-0.25, -0.2) is 4.79 Å². The maximum atomic E-state index is 13.4. The van der Waals surface area contributed by atoms with Crippen LogP contribution < -0.4 is 10.1 Å². The normalized spacial score (nSPS) is 22.5. The highest BCUT2D eigenvalue weighted by Crippen LogP contribution is 2.44. The number of Topliss-reactive ketones (excluding diaryl/α,β-unsaturated/α-hetero) is 1. The first-order chi connectivity index (χ1) is 14.5. The molecule has 5 nitrogen and oxygen atoms in total. The van der Waals surface area contributed by atoms with Crippen LogP contribution in [0.15, 0.2) is 45.2 Å². The molecule has 1 N–H and O–H groups in total. The number of hydrogen-bond donors (Lipinski definition) is 1. The van der Waals surface area contributed by atoms with E-state index < -0.39 is 5.92 Å². The summed E-state index contributed by atoms with van der Waals surface area (Å²) in [7, 11) is 1.62. The van der Waals surface area contributed by atoms with E-state index in [1.165, 1.54) is 6.42 Å². The van der Waals surface area contributed by atoms with Crippen molar-refractivity contribution in [2.75, 3.05) is 7.11 Å². The van der Waals surface area contributed by atoms with Crippen molar-refractivity contribution in [3.05, 3.63) is 50.8 Å². The van der Waals surface area contributed by atoms with Crippen LogP contribution in [0.4, 0.5) is 0 Å². The van der Waals surface area contributed by atoms with Gasteiger partial charge in [-0.2, -0.15) is 0 Å². The van der Waals surface area contributed by atoms with Crippen molar-refractivity contribution in [2.24, 2.45) is 0 Å². The number of rotatable bonds is 4. The van der Waals surface area contributed by atoms with Crippen molar-refractivity contribution in [2.45, 2.75) is 70.3 Å². The molecule has 0 aromatic heterocycles. The van der Waals surface area contributed by atoms with Crippen LogP contribution in [0, 0.1) is 0 Å². The quantitative estimate of drug-likeness (QED) is 0.600. The average molecular weight is 474 g/mol. The fourth-order valence-electron chi connectivity index (χ4n) is 4.85. The minimum absolute atomic E-state index is 0.0350. The Kier molecular flexibility index (Phi) is 6.32. The van der Waals surface area contributed by atoms with E-state index in [1.54, 1.807) is 7.11 Å². The number of nitrogens with one attached hydrogen (secondary N) is 1. The van der Waals surface area contributed by atoms with Gasteiger partial charge in [0.2, 0.25) is 0 Å². The third-order valence-electron chi connectivity index (χ3n) is 6.33. The summed E-state index contributed by atoms with van der Waals surface area (Å²) in [6.07, 6.45) is 7.34. The Morgan fingerprint density at radius 2 is 1.90 bits per heavy atom. The lowest BCUT2D eigenvalue weighted by Gasteiger charge is -2.35. The van der Waals surface area contributed by atoms with Gasteiger partial charge in [-0.3, -0.25) is 4.79 Å². The van der Waals surface area contributed by atoms with Gasteiger partial charge in [-0.15, -0.1) is 0 Å². The summed E-state index contributed by atoms with van der Waals surface area (Å²) in [6.45, 7) is 1.91. The van der Waals surface area contributed by atoms with Gasteiger partial charge in [0.1, 0.15) is 11.9 Å². The van der Waals surface area contributed by atoms with Crippen LogP contribution in [-0.4, -0.2) is 25.0 Å². The fourth-order valence-corrected chi connectivity index (χ4v) is 5.41. The van der Waals surface area contributed by atoms with Gasteiger partial charge in [-0.1, -0.05) is 12.5 Å². The molecule has 0 spiro atoms. The number of allylic oxidation sites excluding steroid dienone is 3. The van der Waals surface area contributed by atoms with Gasteiger partial charge in [0, 0.05) is 29.3 Å². The van der Waals surface area contributed by atoms with Crippen molar-refractivity contribution >= 4 is 27.7 Å². The van der Waals surface area contributed by atoms with E-state index in [9.17, 15) is 9.59 Å². The maximum absolute atomic E-state index is 13.4. The van der Waals surface area contributed by atoms with E-state index in [0.29, 0.717) is 23.3 Å². The average Bonchev–Trinajstić information content (AvgIpc) is 2.73. The number of hydrogen-bond acceptors (Lipinski definition) is 5. The molecule has 0 bridgehead atoms. The predicted molar refractivity (Wildman–Crippen MR) is 118 cm³/mol. The van der Waals surface area contributed by atoms with Gasteiger partial charge in [0.15, 0.2) is 5.78 Å². The van der Waals surface area contributed by atoms with Crippen LogP contribution in [0.2, 0.25) is 0 Å². The van der Waals surface area contributed by atoms with E-state index in [2.05, 4.69) is 21.2 Å². The molecular formula is C24H28BrNO4. The summed E-state index contributed by atoms with van der Waals surface area (Å²) in [5.74, 6) is 0.0844. The van der Waals surface area contributed by atoms with Crippen LogP contribution in [0.3, 0.4) is 0 Å². The van der Waals surface area contributed by atoms with Crippen molar-refractivity contribution in [1.29, 1.82) is 0 Å². The summed E-state index contributed by atoms with van der Waals surface area (Å²) in [5, 5.41) is 3.36. The van der Waals surface area contributed by atoms with Gasteiger partial charge in [0.25, 0.3) is 0 Å². The molecule has 1 aromatic rings. The molecule has 30 heavy (non-hydrogen) atoms. The molecule has 0 amide bonds. The molecule has 0 unspecified atom stereocenters. The van der Waals surface area contributed by atoms with E-state index in [4.69, 9.17) is 9.47 Å². The molecule has 3 aliphatic rings. The molecule has 6 heteroatoms. The molecule has 1 saturated carbocycles. The van der Waals surface area contributed by atoms with Crippen LogP contribution in [0.1, 0.15) is 69.8 Å². The molecule has 1 atom stereocenters. The molecule has 160 valence electrons. The summed E-state index contributed by atoms with van der Waals surface area (Å²) < 4.78 is 12.1. The topological polar surface area (TPSA) is 64.6 Å². The number of carbonyl (C=O) groups is 2. The zero-order valence-corrected chi connectivity index (χ0v) is 19.1. The highest BCUT2D eigenvalue weighted by molar-refractivity contribution is 9.10. The second-order valence-electron chi connectivity index (χ2n) is 8.32. The number of benzene rings is 1. The van der Waals surface area contributed by atoms with Crippen molar-refractivity contribution < 1.29 is 19.1 Å². The molecule has 0 radical (unpaired) electrons. The Balaban J connectivity index is 1.75. The van der Waals surface area contributed by atoms with Crippen molar-refractivity contribution in [3.8, 4) is 5.75 Å². The lowest BCUT2D eigenvalue weighted by Crippen LogP contribution is -2.35. The third-order valence-corrected chi connectivity index (χ3v) is 6.95. The SMILES string of the molecule is COc1ccc([C@@H]2C(C(=O)OC3CCCCC3)=C(C)NC3=C2C(=O)CCC3)cc1Br. The lowest BCUT2D eigenvalue weighted by molar-refractivity contribution is -0.146. The number of esters is 1. The molecule has 0 saturated heterocycles. The smallest absolute Gasteiger partial charge is 0.337 e. The first kappa shape index (κ1) is 21.2. The molecule has 1 heterocycles. The minimum Gasteiger partial charge on any atom is -0.496 e. The maximum Gasteiger partial charge on any atom is 0.337 e. The summed E-state index contributed by atoms with van der Waals surface area (Å²) in [4.78, 5) is 26.3. The standard InChI is InChI=1S/C24H28BrNO4/c1-14-21(24(28)30-16-7-4-3-5-8-16)22(15-11-12-20(29-2)17(25)13-15)23-18(26-14)9-6-10-19(23)27/h11-13,16,22,26H,3-10H2,1-2H3/t22-/m1/s1. The first-order valence-corrected chi connectivity index (χ1v) is 11.6. The van der Waals surface area contributed by atoms with Crippen LogP contribution in [-0.2, 0) is 14.3 Å². The Morgan fingerprint density at radius 1 is 1.13 bits per heavy atom. The number of halogens is 1. The summed E-state index contributed by atoms with van der Waals surface area (Å²) in [5.41, 5.74) is 3.86. The van der Waals surface area contributed by atoms with E-state index in [1.807, 2.05) is 25.1 Å². The molecule has 2 aliphatic carbocycles. The monoisotopic (exact) mass is 473 g/mol. The van der Waals surface area contributed by atoms with Gasteiger partial charge in [0.05, 0.1) is 17.2 Å². The molecule has 4 rings (SSSR count).